The molecule has 4 heterocycles. The number of nitrogens with zero attached hydrogens (tertiary/aromatic N) is 6. The van der Waals surface area contributed by atoms with Crippen molar-refractivity contribution in [2.24, 2.45) is 0 Å². The summed E-state index contributed by atoms with van der Waals surface area (Å²) in [5.74, 6) is 1.56. The molecule has 2 fully saturated rings. The number of hydrogen-bond acceptors (Lipinski definition) is 6. The minimum absolute atomic E-state index is 0.00219. The lowest BCUT2D eigenvalue weighted by Crippen LogP contribution is -2.48. The summed E-state index contributed by atoms with van der Waals surface area (Å²) in [6.45, 7) is 4.00. The van der Waals surface area contributed by atoms with E-state index >= 15 is 0 Å². The first-order valence-electron chi connectivity index (χ1n) is 9.62. The third-order valence-corrected chi connectivity index (χ3v) is 5.26. The number of hydrogen-bond donors (Lipinski definition) is 0. The summed E-state index contributed by atoms with van der Waals surface area (Å²) in [5, 5.41) is 0. The highest BCUT2D eigenvalue weighted by molar-refractivity contribution is 5.51. The topological polar surface area (TPSA) is 48.4 Å². The Labute approximate surface area is 162 Å². The van der Waals surface area contributed by atoms with Gasteiger partial charge in [-0.3, -0.25) is 0 Å². The Hall–Kier alpha value is -2.58. The summed E-state index contributed by atoms with van der Waals surface area (Å²) >= 11 is 0. The van der Waals surface area contributed by atoms with Crippen LogP contribution in [0.5, 0.6) is 0 Å². The molecular formula is C19H23F3N6. The zero-order valence-electron chi connectivity index (χ0n) is 15.6. The Kier molecular flexibility index (Phi) is 5.23. The van der Waals surface area contributed by atoms with Gasteiger partial charge in [-0.05, 0) is 37.5 Å². The Bertz CT molecular complexity index is 798. The smallest absolute Gasteiger partial charge is 0.356 e. The molecule has 2 saturated heterocycles. The maximum atomic E-state index is 13.3. The molecule has 0 unspecified atom stereocenters. The zero-order valence-corrected chi connectivity index (χ0v) is 15.6. The highest BCUT2D eigenvalue weighted by atomic mass is 19.4. The summed E-state index contributed by atoms with van der Waals surface area (Å²) in [7, 11) is 0. The standard InChI is InChI=1S/C19H23F3N6/c20-19(21,22)15-5-4-7-23-17(15)27-11-13-28(14-12-27)18-24-8-6-16(25-18)26-9-2-1-3-10-26/h4-8H,1-3,9-14H2. The van der Waals surface area contributed by atoms with Crippen LogP contribution in [-0.4, -0.2) is 54.2 Å². The number of rotatable bonds is 3. The maximum Gasteiger partial charge on any atom is 0.419 e. The van der Waals surface area contributed by atoms with Gasteiger partial charge in [0.2, 0.25) is 5.95 Å². The highest BCUT2D eigenvalue weighted by Gasteiger charge is 2.36. The average Bonchev–Trinajstić information content (AvgIpc) is 2.74. The SMILES string of the molecule is FC(F)(F)c1cccnc1N1CCN(c2nccc(N3CCCCC3)n2)CC1. The lowest BCUT2D eigenvalue weighted by molar-refractivity contribution is -0.137. The highest BCUT2D eigenvalue weighted by Crippen LogP contribution is 2.35. The molecule has 0 aromatic carbocycles. The second kappa shape index (κ2) is 7.81. The van der Waals surface area contributed by atoms with Gasteiger partial charge in [0.1, 0.15) is 11.6 Å². The van der Waals surface area contributed by atoms with E-state index in [1.54, 1.807) is 11.1 Å². The molecule has 6 nitrogen and oxygen atoms in total. The van der Waals surface area contributed by atoms with Gasteiger partial charge in [0, 0.05) is 51.7 Å². The molecule has 0 spiro atoms. The summed E-state index contributed by atoms with van der Waals surface area (Å²) in [6.07, 6.45) is 2.35. The summed E-state index contributed by atoms with van der Waals surface area (Å²) in [5.41, 5.74) is -0.688. The van der Waals surface area contributed by atoms with Gasteiger partial charge in [-0.25, -0.2) is 9.97 Å². The van der Waals surface area contributed by atoms with Crippen LogP contribution < -0.4 is 14.7 Å². The van der Waals surface area contributed by atoms with Crippen LogP contribution in [0.3, 0.4) is 0 Å². The van der Waals surface area contributed by atoms with E-state index in [0.717, 1.165) is 25.0 Å². The van der Waals surface area contributed by atoms with Gasteiger partial charge in [0.15, 0.2) is 0 Å². The molecule has 2 aromatic heterocycles. The number of anilines is 3. The predicted molar refractivity (Wildman–Crippen MR) is 102 cm³/mol. The first-order valence-corrected chi connectivity index (χ1v) is 9.62. The van der Waals surface area contributed by atoms with Crippen LogP contribution in [0.25, 0.3) is 0 Å². The van der Waals surface area contributed by atoms with Crippen LogP contribution in [0.4, 0.5) is 30.8 Å². The van der Waals surface area contributed by atoms with Gasteiger partial charge in [-0.15, -0.1) is 0 Å². The van der Waals surface area contributed by atoms with Crippen molar-refractivity contribution in [3.8, 4) is 0 Å². The van der Waals surface area contributed by atoms with Crippen LogP contribution in [-0.2, 0) is 6.18 Å². The molecule has 0 aliphatic carbocycles. The molecule has 0 bridgehead atoms. The number of pyridine rings is 1. The maximum absolute atomic E-state index is 13.3. The molecule has 0 saturated carbocycles. The molecule has 4 rings (SSSR count). The van der Waals surface area contributed by atoms with E-state index in [0.29, 0.717) is 32.1 Å². The van der Waals surface area contributed by atoms with E-state index in [2.05, 4.69) is 14.9 Å². The Morgan fingerprint density at radius 2 is 1.46 bits per heavy atom. The first kappa shape index (κ1) is 18.8. The first-order chi connectivity index (χ1) is 13.5. The molecule has 28 heavy (non-hydrogen) atoms. The molecule has 150 valence electrons. The Balaban J connectivity index is 1.45. The number of aromatic nitrogens is 3. The monoisotopic (exact) mass is 392 g/mol. The van der Waals surface area contributed by atoms with Gasteiger partial charge < -0.3 is 14.7 Å². The molecular weight excluding hydrogens is 369 g/mol. The number of piperidine rings is 1. The van der Waals surface area contributed by atoms with Crippen molar-refractivity contribution in [1.29, 1.82) is 0 Å². The quantitative estimate of drug-likeness (QED) is 0.800. The van der Waals surface area contributed by atoms with Gasteiger partial charge in [0.25, 0.3) is 0 Å². The lowest BCUT2D eigenvalue weighted by atomic mass is 10.1. The third kappa shape index (κ3) is 3.98. The Morgan fingerprint density at radius 3 is 2.18 bits per heavy atom. The van der Waals surface area contributed by atoms with Crippen molar-refractivity contribution >= 4 is 17.6 Å². The van der Waals surface area contributed by atoms with Crippen molar-refractivity contribution in [2.75, 3.05) is 54.0 Å². The van der Waals surface area contributed by atoms with Crippen LogP contribution in [0.2, 0.25) is 0 Å². The molecule has 0 radical (unpaired) electrons. The molecule has 9 heteroatoms. The van der Waals surface area contributed by atoms with Crippen molar-refractivity contribution in [3.63, 3.8) is 0 Å². The van der Waals surface area contributed by atoms with Crippen molar-refractivity contribution in [2.45, 2.75) is 25.4 Å². The van der Waals surface area contributed by atoms with Crippen LogP contribution in [0.1, 0.15) is 24.8 Å². The summed E-state index contributed by atoms with van der Waals surface area (Å²) in [4.78, 5) is 19.1. The number of piperazine rings is 1. The van der Waals surface area contributed by atoms with Crippen molar-refractivity contribution < 1.29 is 13.2 Å². The van der Waals surface area contributed by atoms with Gasteiger partial charge >= 0.3 is 6.18 Å². The molecule has 0 N–H and O–H groups in total. The van der Waals surface area contributed by atoms with Crippen molar-refractivity contribution in [1.82, 2.24) is 15.0 Å². The van der Waals surface area contributed by atoms with E-state index in [1.807, 2.05) is 11.0 Å². The minimum Gasteiger partial charge on any atom is -0.356 e. The average molecular weight is 392 g/mol. The van der Waals surface area contributed by atoms with E-state index in [1.165, 1.54) is 31.5 Å². The molecule has 0 atom stereocenters. The number of halogens is 3. The fourth-order valence-corrected chi connectivity index (χ4v) is 3.78. The minimum atomic E-state index is -4.41. The zero-order chi connectivity index (χ0) is 19.6. The van der Waals surface area contributed by atoms with Gasteiger partial charge in [-0.1, -0.05) is 0 Å². The van der Waals surface area contributed by atoms with E-state index in [4.69, 9.17) is 4.98 Å². The third-order valence-electron chi connectivity index (χ3n) is 5.26. The van der Waals surface area contributed by atoms with Crippen LogP contribution >= 0.6 is 0 Å². The van der Waals surface area contributed by atoms with Gasteiger partial charge in [0.05, 0.1) is 5.56 Å². The summed E-state index contributed by atoms with van der Waals surface area (Å²) < 4.78 is 39.8. The largest absolute Gasteiger partial charge is 0.419 e. The molecule has 2 aliphatic rings. The molecule has 2 aromatic rings. The molecule has 0 amide bonds. The van der Waals surface area contributed by atoms with Crippen LogP contribution in [0, 0.1) is 0 Å². The van der Waals surface area contributed by atoms with Crippen LogP contribution in [0.15, 0.2) is 30.6 Å². The van der Waals surface area contributed by atoms with E-state index in [9.17, 15) is 13.2 Å². The second-order valence-electron chi connectivity index (χ2n) is 7.11. The fraction of sp³-hybridized carbons (Fsp3) is 0.526. The lowest BCUT2D eigenvalue weighted by Gasteiger charge is -2.36. The second-order valence-corrected chi connectivity index (χ2v) is 7.11. The molecule has 2 aliphatic heterocycles. The van der Waals surface area contributed by atoms with E-state index < -0.39 is 11.7 Å². The fourth-order valence-electron chi connectivity index (χ4n) is 3.78. The predicted octanol–water partition coefficient (Wildman–Crippen LogP) is 3.21. The van der Waals surface area contributed by atoms with E-state index in [-0.39, 0.29) is 5.82 Å². The Morgan fingerprint density at radius 1 is 0.750 bits per heavy atom. The van der Waals surface area contributed by atoms with Gasteiger partial charge in [-0.2, -0.15) is 18.2 Å². The normalized spacial score (nSPS) is 18.5. The summed E-state index contributed by atoms with van der Waals surface area (Å²) in [6, 6.07) is 4.33. The number of alkyl halides is 3. The van der Waals surface area contributed by atoms with Crippen molar-refractivity contribution in [3.05, 3.63) is 36.2 Å².